The zero-order valence-electron chi connectivity index (χ0n) is 11.5. The van der Waals surface area contributed by atoms with Gasteiger partial charge in [-0.15, -0.1) is 0 Å². The van der Waals surface area contributed by atoms with E-state index >= 15 is 0 Å². The lowest BCUT2D eigenvalue weighted by molar-refractivity contribution is -0.116. The van der Waals surface area contributed by atoms with Crippen molar-refractivity contribution in [1.82, 2.24) is 0 Å². The van der Waals surface area contributed by atoms with Crippen molar-refractivity contribution in [2.75, 3.05) is 12.0 Å². The summed E-state index contributed by atoms with van der Waals surface area (Å²) in [6, 6.07) is 1.18. The summed E-state index contributed by atoms with van der Waals surface area (Å²) in [5, 5.41) is 0. The van der Waals surface area contributed by atoms with Gasteiger partial charge in [0.05, 0.1) is 22.8 Å². The fraction of sp³-hybridized carbons (Fsp3) is 0.429. The van der Waals surface area contributed by atoms with Crippen LogP contribution in [0.25, 0.3) is 0 Å². The molecule has 1 amide bonds. The van der Waals surface area contributed by atoms with E-state index in [0.29, 0.717) is 11.3 Å². The van der Waals surface area contributed by atoms with Crippen LogP contribution >= 0.6 is 15.9 Å². The van der Waals surface area contributed by atoms with E-state index in [4.69, 9.17) is 4.74 Å². The van der Waals surface area contributed by atoms with Gasteiger partial charge in [-0.1, -0.05) is 0 Å². The number of nitrogens with zero attached hydrogens (tertiary/aromatic N) is 1. The molecule has 0 unspecified atom stereocenters. The highest BCUT2D eigenvalue weighted by Gasteiger charge is 2.36. The molecule has 6 heteroatoms. The Kier molecular flexibility index (Phi) is 4.13. The molecule has 1 aromatic rings. The molecule has 0 bridgehead atoms. The Balaban J connectivity index is 2.67. The quantitative estimate of drug-likeness (QED) is 0.791. The summed E-state index contributed by atoms with van der Waals surface area (Å²) >= 11 is 3.16. The Morgan fingerprint density at radius 2 is 2.05 bits per heavy atom. The number of methoxy groups -OCH3 is 1. The van der Waals surface area contributed by atoms with E-state index < -0.39 is 11.8 Å². The van der Waals surface area contributed by atoms with Gasteiger partial charge in [0.15, 0.2) is 0 Å². The number of carbonyl (C=O) groups excluding carboxylic acids is 2. The van der Waals surface area contributed by atoms with Crippen LogP contribution in [0.4, 0.5) is 10.1 Å². The van der Waals surface area contributed by atoms with E-state index in [0.717, 1.165) is 18.9 Å². The topological polar surface area (TPSA) is 46.6 Å². The molecule has 1 fully saturated rings. The zero-order chi connectivity index (χ0) is 15.0. The third-order valence-corrected chi connectivity index (χ3v) is 4.29. The molecule has 0 saturated heterocycles. The minimum absolute atomic E-state index is 0.0759. The van der Waals surface area contributed by atoms with Crippen molar-refractivity contribution >= 4 is 33.5 Å². The van der Waals surface area contributed by atoms with Gasteiger partial charge in [0.2, 0.25) is 5.91 Å². The molecule has 0 atom stereocenters. The fourth-order valence-electron chi connectivity index (χ4n) is 2.25. The summed E-state index contributed by atoms with van der Waals surface area (Å²) in [5.74, 6) is -1.37. The van der Waals surface area contributed by atoms with Crippen molar-refractivity contribution in [2.45, 2.75) is 32.7 Å². The zero-order valence-corrected chi connectivity index (χ0v) is 13.1. The maximum absolute atomic E-state index is 13.8. The summed E-state index contributed by atoms with van der Waals surface area (Å²) in [5.41, 5.74) is 1.03. The second-order valence-corrected chi connectivity index (χ2v) is 5.60. The Morgan fingerprint density at radius 3 is 2.50 bits per heavy atom. The van der Waals surface area contributed by atoms with E-state index in [1.807, 2.05) is 0 Å². The summed E-state index contributed by atoms with van der Waals surface area (Å²) < 4.78 is 18.8. The predicted octanol–water partition coefficient (Wildman–Crippen LogP) is 3.20. The van der Waals surface area contributed by atoms with Crippen LogP contribution < -0.4 is 4.90 Å². The Labute approximate surface area is 125 Å². The van der Waals surface area contributed by atoms with Gasteiger partial charge in [-0.25, -0.2) is 9.18 Å². The normalized spacial score (nSPS) is 14.1. The minimum atomic E-state index is -0.651. The number of amides is 1. The van der Waals surface area contributed by atoms with Crippen LogP contribution in [0.15, 0.2) is 10.5 Å². The highest BCUT2D eigenvalue weighted by molar-refractivity contribution is 9.10. The van der Waals surface area contributed by atoms with E-state index in [1.165, 1.54) is 14.0 Å². The molecule has 0 spiro atoms. The van der Waals surface area contributed by atoms with Crippen LogP contribution in [0.1, 0.15) is 35.7 Å². The Hall–Kier alpha value is -1.43. The molecule has 1 aliphatic rings. The first-order valence-electron chi connectivity index (χ1n) is 6.25. The monoisotopic (exact) mass is 343 g/mol. The maximum Gasteiger partial charge on any atom is 0.340 e. The van der Waals surface area contributed by atoms with Gasteiger partial charge in [-0.3, -0.25) is 4.79 Å². The third kappa shape index (κ3) is 2.57. The van der Waals surface area contributed by atoms with Crippen molar-refractivity contribution < 1.29 is 18.7 Å². The van der Waals surface area contributed by atoms with Crippen LogP contribution in [0.2, 0.25) is 0 Å². The van der Waals surface area contributed by atoms with Gasteiger partial charge in [-0.05, 0) is 47.3 Å². The molecule has 0 N–H and O–H groups in total. The molecular weight excluding hydrogens is 329 g/mol. The maximum atomic E-state index is 13.8. The molecule has 2 rings (SSSR count). The lowest BCUT2D eigenvalue weighted by atomic mass is 10.1. The molecule has 108 valence electrons. The van der Waals surface area contributed by atoms with Crippen LogP contribution in [0.3, 0.4) is 0 Å². The van der Waals surface area contributed by atoms with Crippen LogP contribution in [-0.2, 0) is 9.53 Å². The van der Waals surface area contributed by atoms with Crippen molar-refractivity contribution in [1.29, 1.82) is 0 Å². The van der Waals surface area contributed by atoms with E-state index in [9.17, 15) is 14.0 Å². The van der Waals surface area contributed by atoms with Crippen LogP contribution in [0.5, 0.6) is 0 Å². The number of hydrogen-bond donors (Lipinski definition) is 0. The van der Waals surface area contributed by atoms with Gasteiger partial charge in [0, 0.05) is 13.0 Å². The molecule has 20 heavy (non-hydrogen) atoms. The molecule has 0 radical (unpaired) electrons. The molecule has 1 aliphatic carbocycles. The van der Waals surface area contributed by atoms with Crippen molar-refractivity contribution in [3.63, 3.8) is 0 Å². The fourth-order valence-corrected chi connectivity index (χ4v) is 2.55. The highest BCUT2D eigenvalue weighted by atomic mass is 79.9. The lowest BCUT2D eigenvalue weighted by Gasteiger charge is -2.26. The van der Waals surface area contributed by atoms with Crippen LogP contribution in [0, 0.1) is 12.7 Å². The minimum Gasteiger partial charge on any atom is -0.465 e. The van der Waals surface area contributed by atoms with Gasteiger partial charge >= 0.3 is 5.97 Å². The summed E-state index contributed by atoms with van der Waals surface area (Å²) in [6.45, 7) is 3.11. The molecule has 0 aromatic heterocycles. The molecule has 1 saturated carbocycles. The lowest BCUT2D eigenvalue weighted by Crippen LogP contribution is -2.33. The number of hydrogen-bond acceptors (Lipinski definition) is 3. The average Bonchev–Trinajstić information content (AvgIpc) is 3.22. The molecule has 0 heterocycles. The van der Waals surface area contributed by atoms with E-state index in [-0.39, 0.29) is 22.0 Å². The average molecular weight is 344 g/mol. The Morgan fingerprint density at radius 1 is 1.45 bits per heavy atom. The van der Waals surface area contributed by atoms with Gasteiger partial charge < -0.3 is 9.64 Å². The molecule has 0 aliphatic heterocycles. The number of esters is 1. The predicted molar refractivity (Wildman–Crippen MR) is 76.4 cm³/mol. The summed E-state index contributed by atoms with van der Waals surface area (Å²) in [6.07, 6.45) is 1.77. The molecule has 4 nitrogen and oxygen atoms in total. The van der Waals surface area contributed by atoms with Crippen molar-refractivity contribution in [3.8, 4) is 0 Å². The number of halogens is 2. The Bertz CT molecular complexity index is 584. The summed E-state index contributed by atoms with van der Waals surface area (Å²) in [7, 11) is 1.23. The first kappa shape index (κ1) is 15.0. The van der Waals surface area contributed by atoms with E-state index in [1.54, 1.807) is 11.8 Å². The molecular formula is C14H15BrFNO3. The SMILES string of the molecule is COC(=O)c1cc(F)c(Br)c(C)c1N(C(C)=O)C1CC1. The van der Waals surface area contributed by atoms with Gasteiger partial charge in [0.25, 0.3) is 0 Å². The second-order valence-electron chi connectivity index (χ2n) is 4.81. The van der Waals surface area contributed by atoms with Crippen LogP contribution in [-0.4, -0.2) is 25.0 Å². The first-order valence-corrected chi connectivity index (χ1v) is 7.04. The largest absolute Gasteiger partial charge is 0.465 e. The first-order chi connectivity index (χ1) is 9.38. The van der Waals surface area contributed by atoms with Crippen molar-refractivity contribution in [3.05, 3.63) is 27.5 Å². The van der Waals surface area contributed by atoms with Gasteiger partial charge in [-0.2, -0.15) is 0 Å². The second kappa shape index (κ2) is 5.52. The van der Waals surface area contributed by atoms with Crippen molar-refractivity contribution in [2.24, 2.45) is 0 Å². The number of rotatable bonds is 3. The highest BCUT2D eigenvalue weighted by Crippen LogP contribution is 2.39. The van der Waals surface area contributed by atoms with E-state index in [2.05, 4.69) is 15.9 Å². The number of ether oxygens (including phenoxy) is 1. The number of benzene rings is 1. The summed E-state index contributed by atoms with van der Waals surface area (Å²) in [4.78, 5) is 25.3. The number of anilines is 1. The third-order valence-electron chi connectivity index (χ3n) is 3.32. The van der Waals surface area contributed by atoms with Gasteiger partial charge in [0.1, 0.15) is 5.82 Å². The smallest absolute Gasteiger partial charge is 0.340 e. The molecule has 1 aromatic carbocycles. The number of carbonyl (C=O) groups is 2. The standard InChI is InChI=1S/C14H15BrFNO3/c1-7-12(15)11(16)6-10(14(19)20-3)13(7)17(8(2)18)9-4-5-9/h6,9H,4-5H2,1-3H3.